The van der Waals surface area contributed by atoms with Crippen LogP contribution < -0.4 is 15.7 Å². The Labute approximate surface area is 182 Å². The van der Waals surface area contributed by atoms with Gasteiger partial charge >= 0.3 is 11.6 Å². The van der Waals surface area contributed by atoms with Crippen LogP contribution in [0.4, 0.5) is 0 Å². The van der Waals surface area contributed by atoms with E-state index in [1.165, 1.54) is 0 Å². The Morgan fingerprint density at radius 1 is 1.19 bits per heavy atom. The molecule has 31 heavy (non-hydrogen) atoms. The van der Waals surface area contributed by atoms with E-state index in [9.17, 15) is 19.5 Å². The van der Waals surface area contributed by atoms with Crippen LogP contribution >= 0.6 is 0 Å². The van der Waals surface area contributed by atoms with Crippen molar-refractivity contribution >= 4 is 22.8 Å². The number of amides is 1. The summed E-state index contributed by atoms with van der Waals surface area (Å²) in [6, 6.07) is 4.16. The lowest BCUT2D eigenvalue weighted by Gasteiger charge is -2.16. The normalized spacial score (nSPS) is 12.2. The van der Waals surface area contributed by atoms with Gasteiger partial charge in [-0.2, -0.15) is 0 Å². The molecule has 0 fully saturated rings. The Morgan fingerprint density at radius 3 is 2.58 bits per heavy atom. The van der Waals surface area contributed by atoms with Crippen molar-refractivity contribution < 1.29 is 23.8 Å². The van der Waals surface area contributed by atoms with Crippen LogP contribution in [0.15, 0.2) is 27.4 Å². The van der Waals surface area contributed by atoms with E-state index in [1.54, 1.807) is 12.1 Å². The monoisotopic (exact) mass is 431 g/mol. The molecule has 1 atom stereocenters. The second-order valence-corrected chi connectivity index (χ2v) is 8.34. The van der Waals surface area contributed by atoms with Gasteiger partial charge in [0.15, 0.2) is 6.61 Å². The lowest BCUT2D eigenvalue weighted by molar-refractivity contribution is -0.142. The standard InChI is InChI=1S/C24H33NO6/c1-5-6-7-8-9-19-16(4)18-11-10-17(13-21(18)31-24(19)29)30-14-22(26)25-20(23(27)28)12-15(2)3/h10-11,13,15,20H,5-9,12,14H2,1-4H3,(H,25,26)(H,27,28)/t20-/m1/s1. The van der Waals surface area contributed by atoms with Crippen molar-refractivity contribution in [3.63, 3.8) is 0 Å². The lowest BCUT2D eigenvalue weighted by Crippen LogP contribution is -2.43. The summed E-state index contributed by atoms with van der Waals surface area (Å²) < 4.78 is 11.0. The number of carboxylic acid groups (broad SMARTS) is 1. The highest BCUT2D eigenvalue weighted by Crippen LogP contribution is 2.25. The zero-order valence-electron chi connectivity index (χ0n) is 18.8. The third kappa shape index (κ3) is 7.12. The number of nitrogens with one attached hydrogen (secondary N) is 1. The van der Waals surface area contributed by atoms with E-state index in [0.29, 0.717) is 29.7 Å². The number of rotatable bonds is 12. The Bertz CT molecular complexity index is 962. The van der Waals surface area contributed by atoms with Crippen LogP contribution in [-0.4, -0.2) is 29.6 Å². The predicted octanol–water partition coefficient (Wildman–Crippen LogP) is 4.22. The molecule has 0 saturated heterocycles. The first-order valence-corrected chi connectivity index (χ1v) is 10.9. The second-order valence-electron chi connectivity index (χ2n) is 8.34. The Kier molecular flexibility index (Phi) is 9.09. The number of carboxylic acids is 1. The van der Waals surface area contributed by atoms with Gasteiger partial charge in [-0.15, -0.1) is 0 Å². The highest BCUT2D eigenvalue weighted by atomic mass is 16.5. The summed E-state index contributed by atoms with van der Waals surface area (Å²) >= 11 is 0. The second kappa shape index (κ2) is 11.5. The molecule has 0 aliphatic rings. The van der Waals surface area contributed by atoms with E-state index >= 15 is 0 Å². The van der Waals surface area contributed by atoms with Crippen LogP contribution in [0.25, 0.3) is 11.0 Å². The number of ether oxygens (including phenoxy) is 1. The van der Waals surface area contributed by atoms with Crippen LogP contribution in [0.3, 0.4) is 0 Å². The van der Waals surface area contributed by atoms with Gasteiger partial charge in [-0.05, 0) is 49.8 Å². The molecule has 7 heteroatoms. The summed E-state index contributed by atoms with van der Waals surface area (Å²) in [7, 11) is 0. The molecule has 1 amide bonds. The zero-order chi connectivity index (χ0) is 23.0. The Balaban J connectivity index is 2.06. The molecule has 0 bridgehead atoms. The number of aryl methyl sites for hydroxylation is 1. The summed E-state index contributed by atoms with van der Waals surface area (Å²) in [4.78, 5) is 35.8. The van der Waals surface area contributed by atoms with Gasteiger partial charge in [-0.3, -0.25) is 4.79 Å². The van der Waals surface area contributed by atoms with E-state index in [1.807, 2.05) is 26.8 Å². The van der Waals surface area contributed by atoms with Gasteiger partial charge in [0.2, 0.25) is 0 Å². The Morgan fingerprint density at radius 2 is 1.94 bits per heavy atom. The van der Waals surface area contributed by atoms with Gasteiger partial charge in [0.25, 0.3) is 5.91 Å². The summed E-state index contributed by atoms with van der Waals surface area (Å²) in [6.07, 6.45) is 5.36. The van der Waals surface area contributed by atoms with Crippen molar-refractivity contribution in [2.24, 2.45) is 5.92 Å². The first kappa shape index (κ1) is 24.4. The average Bonchev–Trinajstić information content (AvgIpc) is 2.70. The molecule has 7 nitrogen and oxygen atoms in total. The van der Waals surface area contributed by atoms with Crippen molar-refractivity contribution in [2.75, 3.05) is 6.61 Å². The van der Waals surface area contributed by atoms with Crippen molar-refractivity contribution in [1.29, 1.82) is 0 Å². The number of aliphatic carboxylic acids is 1. The summed E-state index contributed by atoms with van der Waals surface area (Å²) in [5, 5.41) is 12.5. The highest BCUT2D eigenvalue weighted by Gasteiger charge is 2.21. The number of unbranched alkanes of at least 4 members (excludes halogenated alkanes) is 3. The van der Waals surface area contributed by atoms with E-state index in [0.717, 1.165) is 36.6 Å². The fraction of sp³-hybridized carbons (Fsp3) is 0.542. The molecule has 2 rings (SSSR count). The van der Waals surface area contributed by atoms with Gasteiger partial charge in [0.1, 0.15) is 17.4 Å². The molecule has 0 saturated carbocycles. The molecule has 170 valence electrons. The third-order valence-electron chi connectivity index (χ3n) is 5.25. The van der Waals surface area contributed by atoms with Crippen molar-refractivity contribution in [3.8, 4) is 5.75 Å². The quantitative estimate of drug-likeness (QED) is 0.385. The molecule has 1 aromatic heterocycles. The number of hydrogen-bond donors (Lipinski definition) is 2. The molecule has 0 unspecified atom stereocenters. The summed E-state index contributed by atoms with van der Waals surface area (Å²) in [5.74, 6) is -1.09. The van der Waals surface area contributed by atoms with Crippen LogP contribution in [0, 0.1) is 12.8 Å². The maximum atomic E-state index is 12.4. The van der Waals surface area contributed by atoms with Crippen molar-refractivity contribution in [3.05, 3.63) is 39.7 Å². The smallest absolute Gasteiger partial charge is 0.339 e. The minimum atomic E-state index is -1.07. The summed E-state index contributed by atoms with van der Waals surface area (Å²) in [6.45, 7) is 7.52. The average molecular weight is 432 g/mol. The maximum absolute atomic E-state index is 12.4. The van der Waals surface area contributed by atoms with Crippen molar-refractivity contribution in [2.45, 2.75) is 72.3 Å². The van der Waals surface area contributed by atoms with Crippen LogP contribution in [0.5, 0.6) is 5.75 Å². The maximum Gasteiger partial charge on any atom is 0.339 e. The third-order valence-corrected chi connectivity index (χ3v) is 5.25. The Hall–Kier alpha value is -2.83. The van der Waals surface area contributed by atoms with Gasteiger partial charge in [0, 0.05) is 17.0 Å². The van der Waals surface area contributed by atoms with Crippen molar-refractivity contribution in [1.82, 2.24) is 5.32 Å². The number of benzene rings is 1. The minimum absolute atomic E-state index is 0.130. The molecule has 1 aromatic carbocycles. The van der Waals surface area contributed by atoms with Crippen LogP contribution in [0.2, 0.25) is 0 Å². The fourth-order valence-electron chi connectivity index (χ4n) is 3.56. The molecule has 0 aliphatic carbocycles. The molecular weight excluding hydrogens is 398 g/mol. The fourth-order valence-corrected chi connectivity index (χ4v) is 3.56. The van der Waals surface area contributed by atoms with E-state index < -0.39 is 17.9 Å². The molecule has 2 N–H and O–H groups in total. The molecule has 1 heterocycles. The first-order chi connectivity index (χ1) is 14.7. The zero-order valence-corrected chi connectivity index (χ0v) is 18.8. The number of fused-ring (bicyclic) bond motifs is 1. The molecule has 0 aliphatic heterocycles. The first-order valence-electron chi connectivity index (χ1n) is 10.9. The predicted molar refractivity (Wildman–Crippen MR) is 120 cm³/mol. The highest BCUT2D eigenvalue weighted by molar-refractivity contribution is 5.85. The molecule has 0 radical (unpaired) electrons. The number of carbonyl (C=O) groups is 2. The largest absolute Gasteiger partial charge is 0.484 e. The van der Waals surface area contributed by atoms with Crippen LogP contribution in [0.1, 0.15) is 64.0 Å². The molecular formula is C24H33NO6. The number of hydrogen-bond acceptors (Lipinski definition) is 5. The van der Waals surface area contributed by atoms with Crippen LogP contribution in [-0.2, 0) is 16.0 Å². The number of carbonyl (C=O) groups excluding carboxylic acids is 1. The van der Waals surface area contributed by atoms with Gasteiger partial charge in [-0.1, -0.05) is 40.0 Å². The van der Waals surface area contributed by atoms with Gasteiger partial charge in [-0.25, -0.2) is 9.59 Å². The minimum Gasteiger partial charge on any atom is -0.484 e. The summed E-state index contributed by atoms with van der Waals surface area (Å²) in [5.41, 5.74) is 1.68. The van der Waals surface area contributed by atoms with E-state index in [4.69, 9.17) is 9.15 Å². The molecule has 2 aromatic rings. The SMILES string of the molecule is CCCCCCc1c(C)c2ccc(OCC(=O)N[C@H](CC(C)C)C(=O)O)cc2oc1=O. The van der Waals surface area contributed by atoms with E-state index in [-0.39, 0.29) is 18.2 Å². The molecule has 0 spiro atoms. The lowest BCUT2D eigenvalue weighted by atomic mass is 10.0. The van der Waals surface area contributed by atoms with Gasteiger partial charge in [0.05, 0.1) is 0 Å². The van der Waals surface area contributed by atoms with E-state index in [2.05, 4.69) is 12.2 Å². The topological polar surface area (TPSA) is 106 Å². The van der Waals surface area contributed by atoms with Gasteiger partial charge < -0.3 is 19.6 Å².